The molecule has 1 atom stereocenters. The van der Waals surface area contributed by atoms with Gasteiger partial charge in [-0.25, -0.2) is 4.39 Å². The molecule has 1 unspecified atom stereocenters. The van der Waals surface area contributed by atoms with Gasteiger partial charge in [0.05, 0.1) is 16.8 Å². The predicted molar refractivity (Wildman–Crippen MR) is 121 cm³/mol. The summed E-state index contributed by atoms with van der Waals surface area (Å²) in [5, 5.41) is 5.56. The van der Waals surface area contributed by atoms with E-state index >= 15 is 4.39 Å². The summed E-state index contributed by atoms with van der Waals surface area (Å²) in [6.07, 6.45) is 4.47. The molecule has 1 aromatic rings. The lowest BCUT2D eigenvalue weighted by Crippen LogP contribution is -2.54. The molecule has 3 saturated heterocycles. The van der Waals surface area contributed by atoms with Crippen LogP contribution in [0.4, 0.5) is 10.1 Å². The summed E-state index contributed by atoms with van der Waals surface area (Å²) in [6, 6.07) is 1.53. The van der Waals surface area contributed by atoms with E-state index in [1.807, 2.05) is 4.90 Å². The van der Waals surface area contributed by atoms with E-state index in [9.17, 15) is 19.2 Å². The average Bonchev–Trinajstić information content (AvgIpc) is 3.03. The number of fused-ring (bicyclic) bond motifs is 1. The maximum absolute atomic E-state index is 15.0. The largest absolute Gasteiger partial charge is 0.369 e. The molecular formula is C23H28ClFN4O4. The molecule has 0 bridgehead atoms. The molecular weight excluding hydrogens is 451 g/mol. The van der Waals surface area contributed by atoms with Crippen molar-refractivity contribution in [3.8, 4) is 0 Å². The third-order valence-corrected chi connectivity index (χ3v) is 7.44. The van der Waals surface area contributed by atoms with Crippen molar-refractivity contribution >= 4 is 41.7 Å². The fourth-order valence-electron chi connectivity index (χ4n) is 5.65. The molecule has 0 saturated carbocycles. The summed E-state index contributed by atoms with van der Waals surface area (Å²) in [5.41, 5.74) is 0.431. The molecule has 10 heteroatoms. The first kappa shape index (κ1) is 23.6. The second kappa shape index (κ2) is 9.38. The smallest absolute Gasteiger partial charge is 0.262 e. The van der Waals surface area contributed by atoms with Crippen molar-refractivity contribution in [1.82, 2.24) is 15.5 Å². The maximum Gasteiger partial charge on any atom is 0.262 e. The third-order valence-electron chi connectivity index (χ3n) is 7.44. The zero-order chi connectivity index (χ0) is 22.4. The molecule has 4 heterocycles. The van der Waals surface area contributed by atoms with E-state index < -0.39 is 35.5 Å². The summed E-state index contributed by atoms with van der Waals surface area (Å²) < 4.78 is 15.0. The van der Waals surface area contributed by atoms with Gasteiger partial charge in [-0.1, -0.05) is 0 Å². The number of carbonyl (C=O) groups is 4. The van der Waals surface area contributed by atoms with E-state index in [0.29, 0.717) is 30.6 Å². The topological polar surface area (TPSA) is 98.8 Å². The summed E-state index contributed by atoms with van der Waals surface area (Å²) in [7, 11) is 0. The van der Waals surface area contributed by atoms with Crippen molar-refractivity contribution in [2.75, 3.05) is 31.1 Å². The van der Waals surface area contributed by atoms with Crippen molar-refractivity contribution in [1.29, 1.82) is 0 Å². The fraction of sp³-hybridized carbons (Fsp3) is 0.565. The lowest BCUT2D eigenvalue weighted by Gasteiger charge is -2.39. The van der Waals surface area contributed by atoms with Gasteiger partial charge in [-0.05, 0) is 69.2 Å². The highest BCUT2D eigenvalue weighted by Crippen LogP contribution is 2.36. The molecule has 2 N–H and O–H groups in total. The Morgan fingerprint density at radius 1 is 0.848 bits per heavy atom. The van der Waals surface area contributed by atoms with E-state index in [1.165, 1.54) is 18.9 Å². The number of benzene rings is 1. The Morgan fingerprint density at radius 3 is 2.09 bits per heavy atom. The monoisotopic (exact) mass is 478 g/mol. The molecule has 8 nitrogen and oxygen atoms in total. The first-order chi connectivity index (χ1) is 15.4. The highest BCUT2D eigenvalue weighted by atomic mass is 35.5. The summed E-state index contributed by atoms with van der Waals surface area (Å²) >= 11 is 0. The van der Waals surface area contributed by atoms with Crippen LogP contribution in [0, 0.1) is 17.7 Å². The van der Waals surface area contributed by atoms with E-state index in [2.05, 4.69) is 10.6 Å². The number of halogens is 2. The Balaban J connectivity index is 0.00000259. The molecule has 0 aromatic heterocycles. The first-order valence-corrected chi connectivity index (χ1v) is 11.4. The Hall–Kier alpha value is -2.52. The number of hydrogen-bond donors (Lipinski definition) is 2. The molecule has 3 fully saturated rings. The van der Waals surface area contributed by atoms with Gasteiger partial charge in [-0.2, -0.15) is 0 Å². The average molecular weight is 479 g/mol. The molecule has 5 rings (SSSR count). The molecule has 1 aromatic carbocycles. The number of nitrogens with zero attached hydrogens (tertiary/aromatic N) is 2. The first-order valence-electron chi connectivity index (χ1n) is 11.4. The van der Waals surface area contributed by atoms with Crippen LogP contribution in [0.5, 0.6) is 0 Å². The normalized spacial score (nSPS) is 24.6. The number of nitrogens with one attached hydrogen (secondary N) is 2. The van der Waals surface area contributed by atoms with Crippen LogP contribution < -0.4 is 15.5 Å². The SMILES string of the molecule is Cl.O=C1CCC(N2C(=O)c3cc(F)c(N4CCC(C5CCNCC5)CC4)cc3C2=O)C(=O)N1. The third kappa shape index (κ3) is 4.24. The van der Waals surface area contributed by atoms with Crippen molar-refractivity contribution in [2.24, 2.45) is 11.8 Å². The van der Waals surface area contributed by atoms with Gasteiger partial charge in [-0.3, -0.25) is 29.4 Å². The molecule has 4 aliphatic rings. The van der Waals surface area contributed by atoms with Crippen LogP contribution in [0.2, 0.25) is 0 Å². The van der Waals surface area contributed by atoms with Gasteiger partial charge < -0.3 is 10.2 Å². The fourth-order valence-corrected chi connectivity index (χ4v) is 5.65. The zero-order valence-corrected chi connectivity index (χ0v) is 19.1. The van der Waals surface area contributed by atoms with E-state index in [4.69, 9.17) is 0 Å². The number of anilines is 1. The van der Waals surface area contributed by atoms with Crippen LogP contribution in [0.3, 0.4) is 0 Å². The van der Waals surface area contributed by atoms with Gasteiger partial charge in [0, 0.05) is 19.5 Å². The molecule has 4 aliphatic heterocycles. The van der Waals surface area contributed by atoms with Gasteiger partial charge in [0.15, 0.2) is 0 Å². The van der Waals surface area contributed by atoms with Crippen molar-refractivity contribution in [3.05, 3.63) is 29.1 Å². The molecule has 0 radical (unpaired) electrons. The van der Waals surface area contributed by atoms with Crippen LogP contribution in [-0.4, -0.2) is 60.7 Å². The number of rotatable bonds is 3. The van der Waals surface area contributed by atoms with Crippen molar-refractivity contribution < 1.29 is 23.6 Å². The summed E-state index contributed by atoms with van der Waals surface area (Å²) in [5.74, 6) is -1.57. The molecule has 178 valence electrons. The highest BCUT2D eigenvalue weighted by molar-refractivity contribution is 6.23. The van der Waals surface area contributed by atoms with Crippen LogP contribution in [0.15, 0.2) is 12.1 Å². The molecule has 4 amide bonds. The number of imide groups is 2. The zero-order valence-electron chi connectivity index (χ0n) is 18.3. The number of piperidine rings is 3. The minimum Gasteiger partial charge on any atom is -0.369 e. The Kier molecular flexibility index (Phi) is 6.72. The quantitative estimate of drug-likeness (QED) is 0.643. The molecule has 0 aliphatic carbocycles. The van der Waals surface area contributed by atoms with Gasteiger partial charge >= 0.3 is 0 Å². The second-order valence-electron chi connectivity index (χ2n) is 9.21. The second-order valence-corrected chi connectivity index (χ2v) is 9.21. The van der Waals surface area contributed by atoms with E-state index in [-0.39, 0.29) is 36.4 Å². The number of amides is 4. The van der Waals surface area contributed by atoms with Gasteiger partial charge in [0.2, 0.25) is 11.8 Å². The van der Waals surface area contributed by atoms with E-state index in [1.54, 1.807) is 0 Å². The maximum atomic E-state index is 15.0. The van der Waals surface area contributed by atoms with Crippen LogP contribution in [-0.2, 0) is 9.59 Å². The van der Waals surface area contributed by atoms with Crippen LogP contribution in [0.25, 0.3) is 0 Å². The molecule has 33 heavy (non-hydrogen) atoms. The lowest BCUT2D eigenvalue weighted by atomic mass is 9.79. The van der Waals surface area contributed by atoms with Gasteiger partial charge in [0.25, 0.3) is 11.8 Å². The van der Waals surface area contributed by atoms with Crippen LogP contribution >= 0.6 is 12.4 Å². The summed E-state index contributed by atoms with van der Waals surface area (Å²) in [4.78, 5) is 52.3. The lowest BCUT2D eigenvalue weighted by molar-refractivity contribution is -0.136. The molecule has 0 spiro atoms. The summed E-state index contributed by atoms with van der Waals surface area (Å²) in [6.45, 7) is 3.54. The van der Waals surface area contributed by atoms with Crippen molar-refractivity contribution in [2.45, 2.75) is 44.6 Å². The standard InChI is InChI=1S/C23H27FN4O4.ClH/c24-17-11-15-16(23(32)28(22(15)31)18-1-2-20(29)26-21(18)30)12-19(17)27-9-5-14(6-10-27)13-3-7-25-8-4-13;/h11-14,18,25H,1-10H2,(H,26,29,30);1H. The van der Waals surface area contributed by atoms with Gasteiger partial charge in [0.1, 0.15) is 11.9 Å². The van der Waals surface area contributed by atoms with E-state index in [0.717, 1.165) is 36.9 Å². The Bertz CT molecular complexity index is 989. The Labute approximate surface area is 197 Å². The van der Waals surface area contributed by atoms with Crippen LogP contribution in [0.1, 0.15) is 59.2 Å². The Morgan fingerprint density at radius 2 is 1.45 bits per heavy atom. The predicted octanol–water partition coefficient (Wildman–Crippen LogP) is 1.86. The van der Waals surface area contributed by atoms with Crippen molar-refractivity contribution in [3.63, 3.8) is 0 Å². The minimum absolute atomic E-state index is 0. The minimum atomic E-state index is -1.05. The highest BCUT2D eigenvalue weighted by Gasteiger charge is 2.45. The van der Waals surface area contributed by atoms with Gasteiger partial charge in [-0.15, -0.1) is 12.4 Å². The number of carbonyl (C=O) groups excluding carboxylic acids is 4. The number of hydrogen-bond acceptors (Lipinski definition) is 6.